The Labute approximate surface area is 220 Å². The van der Waals surface area contributed by atoms with E-state index >= 15 is 0 Å². The number of cyclic esters (lactones) is 1. The molecular formula is C23H12Cl2FI2NO3. The normalized spacial score (nSPS) is 14.5. The first-order chi connectivity index (χ1) is 15.3. The Balaban J connectivity index is 1.56. The second-order valence-corrected chi connectivity index (χ2v) is 9.84. The van der Waals surface area contributed by atoms with Crippen molar-refractivity contribution >= 4 is 86.3 Å². The molecule has 0 spiro atoms. The topological polar surface area (TPSA) is 47.9 Å². The zero-order chi connectivity index (χ0) is 22.8. The molecule has 3 aromatic rings. The molecule has 4 rings (SSSR count). The first kappa shape index (κ1) is 23.5. The molecule has 0 bridgehead atoms. The summed E-state index contributed by atoms with van der Waals surface area (Å²) in [5, 5.41) is 0.748. The summed E-state index contributed by atoms with van der Waals surface area (Å²) in [7, 11) is 0. The minimum absolute atomic E-state index is 0.166. The molecule has 0 aliphatic carbocycles. The van der Waals surface area contributed by atoms with Crippen LogP contribution < -0.4 is 4.74 Å². The van der Waals surface area contributed by atoms with Gasteiger partial charge in [0.15, 0.2) is 5.70 Å². The third-order valence-corrected chi connectivity index (χ3v) is 6.72. The standard InChI is InChI=1S/C23H12Cl2FI2NO3/c24-16-5-4-14(10-17(16)25)22-29-20(23(30)32-22)9-13-7-18(27)21(19(28)8-13)31-11-12-2-1-3-15(26)6-12/h1-10H,11H2/b20-9-. The fourth-order valence-electron chi connectivity index (χ4n) is 2.90. The summed E-state index contributed by atoms with van der Waals surface area (Å²) in [6, 6.07) is 14.9. The highest BCUT2D eigenvalue weighted by molar-refractivity contribution is 14.1. The van der Waals surface area contributed by atoms with Crippen molar-refractivity contribution < 1.29 is 18.7 Å². The van der Waals surface area contributed by atoms with Crippen LogP contribution in [0.1, 0.15) is 16.7 Å². The number of carbonyl (C=O) groups is 1. The fourth-order valence-corrected chi connectivity index (χ4v) is 5.33. The van der Waals surface area contributed by atoms with Crippen LogP contribution in [0, 0.1) is 13.0 Å². The van der Waals surface area contributed by atoms with E-state index in [1.165, 1.54) is 12.1 Å². The van der Waals surface area contributed by atoms with Gasteiger partial charge in [-0.15, -0.1) is 0 Å². The van der Waals surface area contributed by atoms with Crippen molar-refractivity contribution in [3.63, 3.8) is 0 Å². The highest BCUT2D eigenvalue weighted by atomic mass is 127. The van der Waals surface area contributed by atoms with Crippen LogP contribution in [0.2, 0.25) is 10.0 Å². The Morgan fingerprint density at radius 1 is 1.03 bits per heavy atom. The molecule has 0 atom stereocenters. The molecule has 0 radical (unpaired) electrons. The molecule has 32 heavy (non-hydrogen) atoms. The molecule has 0 saturated carbocycles. The van der Waals surface area contributed by atoms with Gasteiger partial charge in [-0.25, -0.2) is 14.2 Å². The molecule has 1 heterocycles. The summed E-state index contributed by atoms with van der Waals surface area (Å²) < 4.78 is 26.3. The number of rotatable bonds is 5. The lowest BCUT2D eigenvalue weighted by molar-refractivity contribution is -0.129. The molecule has 1 aliphatic heterocycles. The number of halogens is 5. The van der Waals surface area contributed by atoms with E-state index in [9.17, 15) is 9.18 Å². The van der Waals surface area contributed by atoms with Crippen LogP contribution in [0.3, 0.4) is 0 Å². The molecule has 0 saturated heterocycles. The number of nitrogens with zero attached hydrogens (tertiary/aromatic N) is 1. The lowest BCUT2D eigenvalue weighted by Crippen LogP contribution is -2.05. The average molecular weight is 694 g/mol. The Morgan fingerprint density at radius 2 is 1.78 bits per heavy atom. The van der Waals surface area contributed by atoms with E-state index < -0.39 is 5.97 Å². The summed E-state index contributed by atoms with van der Waals surface area (Å²) in [5.74, 6) is -0.00454. The first-order valence-corrected chi connectivity index (χ1v) is 12.1. The molecule has 1 aliphatic rings. The molecule has 3 aromatic carbocycles. The molecule has 162 valence electrons. The minimum atomic E-state index is -0.553. The molecule has 0 amide bonds. The van der Waals surface area contributed by atoms with Gasteiger partial charge in [-0.3, -0.25) is 0 Å². The number of esters is 1. The van der Waals surface area contributed by atoms with Gasteiger partial charge in [0, 0.05) is 5.56 Å². The van der Waals surface area contributed by atoms with Crippen molar-refractivity contribution in [2.24, 2.45) is 4.99 Å². The van der Waals surface area contributed by atoms with Crippen molar-refractivity contribution in [3.05, 3.63) is 100.0 Å². The summed E-state index contributed by atoms with van der Waals surface area (Å²) in [6.45, 7) is 0.244. The van der Waals surface area contributed by atoms with Gasteiger partial charge < -0.3 is 9.47 Å². The van der Waals surface area contributed by atoms with Gasteiger partial charge >= 0.3 is 5.97 Å². The van der Waals surface area contributed by atoms with Crippen LogP contribution in [0.25, 0.3) is 6.08 Å². The van der Waals surface area contributed by atoms with Gasteiger partial charge in [-0.1, -0.05) is 35.3 Å². The van der Waals surface area contributed by atoms with E-state index in [0.29, 0.717) is 21.4 Å². The Kier molecular flexibility index (Phi) is 7.38. The van der Waals surface area contributed by atoms with E-state index in [1.54, 1.807) is 36.4 Å². The van der Waals surface area contributed by atoms with Gasteiger partial charge in [-0.2, -0.15) is 0 Å². The van der Waals surface area contributed by atoms with Crippen LogP contribution in [0.4, 0.5) is 4.39 Å². The van der Waals surface area contributed by atoms with E-state index in [-0.39, 0.29) is 24.0 Å². The molecular weight excluding hydrogens is 682 g/mol. The lowest BCUT2D eigenvalue weighted by Gasteiger charge is -2.11. The van der Waals surface area contributed by atoms with Gasteiger partial charge in [0.1, 0.15) is 18.2 Å². The SMILES string of the molecule is O=C1OC(c2ccc(Cl)c(Cl)c2)=N/C1=C\c1cc(I)c(OCc2cccc(F)c2)c(I)c1. The second kappa shape index (κ2) is 10.1. The van der Waals surface area contributed by atoms with E-state index in [4.69, 9.17) is 32.7 Å². The monoisotopic (exact) mass is 693 g/mol. The number of hydrogen-bond acceptors (Lipinski definition) is 4. The van der Waals surface area contributed by atoms with Gasteiger partial charge in [0.05, 0.1) is 17.2 Å². The number of aliphatic imine (C=N–C) groups is 1. The number of carbonyl (C=O) groups excluding carboxylic acids is 1. The van der Waals surface area contributed by atoms with Gasteiger partial charge in [0.2, 0.25) is 5.90 Å². The maximum absolute atomic E-state index is 13.4. The maximum Gasteiger partial charge on any atom is 0.363 e. The Bertz CT molecular complexity index is 1270. The van der Waals surface area contributed by atoms with Crippen molar-refractivity contribution in [2.45, 2.75) is 6.61 Å². The summed E-state index contributed by atoms with van der Waals surface area (Å²) in [5.41, 5.74) is 2.23. The van der Waals surface area contributed by atoms with Crippen molar-refractivity contribution in [2.75, 3.05) is 0 Å². The molecule has 4 nitrogen and oxygen atoms in total. The number of hydrogen-bond donors (Lipinski definition) is 0. The minimum Gasteiger partial charge on any atom is -0.487 e. The number of ether oxygens (including phenoxy) is 2. The van der Waals surface area contributed by atoms with E-state index in [1.807, 2.05) is 12.1 Å². The smallest absolute Gasteiger partial charge is 0.363 e. The summed E-state index contributed by atoms with van der Waals surface area (Å²) in [4.78, 5) is 16.6. The second-order valence-electron chi connectivity index (χ2n) is 6.70. The molecule has 0 unspecified atom stereocenters. The Hall–Kier alpha value is -1.69. The van der Waals surface area contributed by atoms with Gasteiger partial charge in [-0.05, 0) is 105 Å². The molecule has 0 N–H and O–H groups in total. The summed E-state index contributed by atoms with van der Waals surface area (Å²) in [6.07, 6.45) is 1.65. The first-order valence-electron chi connectivity index (χ1n) is 9.14. The predicted molar refractivity (Wildman–Crippen MR) is 140 cm³/mol. The zero-order valence-electron chi connectivity index (χ0n) is 16.0. The highest BCUT2D eigenvalue weighted by Crippen LogP contribution is 2.31. The fraction of sp³-hybridized carbons (Fsp3) is 0.0435. The van der Waals surface area contributed by atoms with Crippen molar-refractivity contribution in [1.29, 1.82) is 0 Å². The van der Waals surface area contributed by atoms with Crippen LogP contribution in [-0.2, 0) is 16.1 Å². The van der Waals surface area contributed by atoms with Crippen LogP contribution in [0.15, 0.2) is 65.3 Å². The van der Waals surface area contributed by atoms with E-state index in [2.05, 4.69) is 50.2 Å². The Morgan fingerprint density at radius 3 is 2.47 bits per heavy atom. The molecule has 0 aromatic heterocycles. The maximum atomic E-state index is 13.4. The summed E-state index contributed by atoms with van der Waals surface area (Å²) >= 11 is 16.3. The van der Waals surface area contributed by atoms with E-state index in [0.717, 1.165) is 18.3 Å². The van der Waals surface area contributed by atoms with Gasteiger partial charge in [0.25, 0.3) is 0 Å². The third-order valence-electron chi connectivity index (χ3n) is 4.38. The highest BCUT2D eigenvalue weighted by Gasteiger charge is 2.25. The zero-order valence-corrected chi connectivity index (χ0v) is 21.9. The van der Waals surface area contributed by atoms with Crippen molar-refractivity contribution in [1.82, 2.24) is 0 Å². The number of benzene rings is 3. The predicted octanol–water partition coefficient (Wildman–Crippen LogP) is 7.27. The lowest BCUT2D eigenvalue weighted by atomic mass is 10.2. The quantitative estimate of drug-likeness (QED) is 0.161. The molecule has 9 heteroatoms. The largest absolute Gasteiger partial charge is 0.487 e. The average Bonchev–Trinajstić information content (AvgIpc) is 3.10. The van der Waals surface area contributed by atoms with Crippen LogP contribution in [0.5, 0.6) is 5.75 Å². The van der Waals surface area contributed by atoms with Crippen LogP contribution in [-0.4, -0.2) is 11.9 Å². The third kappa shape index (κ3) is 5.44. The van der Waals surface area contributed by atoms with Crippen molar-refractivity contribution in [3.8, 4) is 5.75 Å². The molecule has 0 fully saturated rings. The van der Waals surface area contributed by atoms with Crippen LogP contribution >= 0.6 is 68.4 Å².